The summed E-state index contributed by atoms with van der Waals surface area (Å²) in [4.78, 5) is 11.0. The predicted octanol–water partition coefficient (Wildman–Crippen LogP) is 2.65. The first-order valence-corrected chi connectivity index (χ1v) is 7.67. The third-order valence-corrected chi connectivity index (χ3v) is 3.42. The number of nitrogens with one attached hydrogen (secondary N) is 1. The Balaban J connectivity index is 2.51. The molecule has 0 spiro atoms. The topological polar surface area (TPSA) is 58.6 Å². The maximum absolute atomic E-state index is 11.0. The zero-order valence-corrected chi connectivity index (χ0v) is 13.1. The summed E-state index contributed by atoms with van der Waals surface area (Å²) in [5.74, 6) is -0.762. The lowest BCUT2D eigenvalue weighted by molar-refractivity contribution is -0.137. The molecule has 0 aliphatic heterocycles. The molecule has 4 heteroatoms. The zero-order chi connectivity index (χ0) is 15.5. The number of carboxylic acid groups (broad SMARTS) is 1. The number of aliphatic carboxylic acids is 1. The molecule has 1 aromatic rings. The number of rotatable bonds is 11. The highest BCUT2D eigenvalue weighted by Crippen LogP contribution is 2.10. The SMILES string of the molecule is CCCc1ccc(CC(CC(=O)O)NCCCOC)cc1. The summed E-state index contributed by atoms with van der Waals surface area (Å²) < 4.78 is 5.00. The Morgan fingerprint density at radius 2 is 1.95 bits per heavy atom. The van der Waals surface area contributed by atoms with Crippen LogP contribution in [-0.2, 0) is 22.4 Å². The number of aryl methyl sites for hydroxylation is 1. The highest BCUT2D eigenvalue weighted by atomic mass is 16.5. The summed E-state index contributed by atoms with van der Waals surface area (Å²) in [5, 5.41) is 12.3. The number of benzene rings is 1. The van der Waals surface area contributed by atoms with Crippen molar-refractivity contribution < 1.29 is 14.6 Å². The Bertz CT molecular complexity index is 403. The van der Waals surface area contributed by atoms with E-state index in [1.54, 1.807) is 7.11 Å². The molecular formula is C17H27NO3. The van der Waals surface area contributed by atoms with Crippen LogP contribution in [0, 0.1) is 0 Å². The van der Waals surface area contributed by atoms with Gasteiger partial charge in [0.05, 0.1) is 6.42 Å². The van der Waals surface area contributed by atoms with Crippen molar-refractivity contribution >= 4 is 5.97 Å². The molecule has 0 radical (unpaired) electrons. The molecule has 1 aromatic carbocycles. The van der Waals surface area contributed by atoms with Crippen LogP contribution >= 0.6 is 0 Å². The van der Waals surface area contributed by atoms with Gasteiger partial charge in [-0.05, 0) is 36.9 Å². The molecule has 0 aliphatic carbocycles. The van der Waals surface area contributed by atoms with Crippen LogP contribution in [-0.4, -0.2) is 37.4 Å². The van der Waals surface area contributed by atoms with Crippen LogP contribution < -0.4 is 5.32 Å². The summed E-state index contributed by atoms with van der Waals surface area (Å²) >= 11 is 0. The van der Waals surface area contributed by atoms with Crippen LogP contribution in [0.15, 0.2) is 24.3 Å². The first kappa shape index (κ1) is 17.7. The van der Waals surface area contributed by atoms with Gasteiger partial charge in [0.1, 0.15) is 0 Å². The number of ether oxygens (including phenoxy) is 1. The van der Waals surface area contributed by atoms with Gasteiger partial charge in [-0.15, -0.1) is 0 Å². The third kappa shape index (κ3) is 7.83. The normalized spacial score (nSPS) is 12.3. The minimum atomic E-state index is -0.762. The van der Waals surface area contributed by atoms with Crippen molar-refractivity contribution in [1.29, 1.82) is 0 Å². The largest absolute Gasteiger partial charge is 0.481 e. The first-order valence-electron chi connectivity index (χ1n) is 7.67. The van der Waals surface area contributed by atoms with Gasteiger partial charge in [0, 0.05) is 19.8 Å². The Kier molecular flexibility index (Phi) is 8.71. The monoisotopic (exact) mass is 293 g/mol. The van der Waals surface area contributed by atoms with Crippen LogP contribution in [0.5, 0.6) is 0 Å². The Morgan fingerprint density at radius 3 is 2.52 bits per heavy atom. The number of hydrogen-bond acceptors (Lipinski definition) is 3. The van der Waals surface area contributed by atoms with Crippen molar-refractivity contribution in [2.45, 2.75) is 45.1 Å². The second-order valence-electron chi connectivity index (χ2n) is 5.37. The fourth-order valence-electron chi connectivity index (χ4n) is 2.37. The molecule has 0 bridgehead atoms. The summed E-state index contributed by atoms with van der Waals surface area (Å²) in [5.41, 5.74) is 2.52. The molecule has 118 valence electrons. The molecule has 0 heterocycles. The second-order valence-corrected chi connectivity index (χ2v) is 5.37. The molecule has 0 saturated carbocycles. The molecule has 21 heavy (non-hydrogen) atoms. The molecule has 4 nitrogen and oxygen atoms in total. The summed E-state index contributed by atoms with van der Waals surface area (Å²) in [6.45, 7) is 3.64. The smallest absolute Gasteiger partial charge is 0.304 e. The number of carbonyl (C=O) groups is 1. The van der Waals surface area contributed by atoms with E-state index in [0.29, 0.717) is 6.61 Å². The predicted molar refractivity (Wildman–Crippen MR) is 84.7 cm³/mol. The van der Waals surface area contributed by atoms with Gasteiger partial charge in [-0.25, -0.2) is 0 Å². The standard InChI is InChI=1S/C17H27NO3/c1-3-5-14-6-8-15(9-7-14)12-16(13-17(19)20)18-10-4-11-21-2/h6-9,16,18H,3-5,10-13H2,1-2H3,(H,19,20). The average molecular weight is 293 g/mol. The van der Waals surface area contributed by atoms with Crippen molar-refractivity contribution in [3.05, 3.63) is 35.4 Å². The van der Waals surface area contributed by atoms with Crippen molar-refractivity contribution in [3.63, 3.8) is 0 Å². The van der Waals surface area contributed by atoms with Crippen LogP contribution in [0.25, 0.3) is 0 Å². The fourth-order valence-corrected chi connectivity index (χ4v) is 2.37. The van der Waals surface area contributed by atoms with E-state index in [4.69, 9.17) is 9.84 Å². The molecule has 1 unspecified atom stereocenters. The Morgan fingerprint density at radius 1 is 1.29 bits per heavy atom. The van der Waals surface area contributed by atoms with Crippen molar-refractivity contribution in [2.75, 3.05) is 20.3 Å². The van der Waals surface area contributed by atoms with Gasteiger partial charge in [0.25, 0.3) is 0 Å². The van der Waals surface area contributed by atoms with E-state index in [0.717, 1.165) is 32.2 Å². The lowest BCUT2D eigenvalue weighted by Crippen LogP contribution is -2.34. The Labute approximate surface area is 127 Å². The minimum absolute atomic E-state index is 0.0311. The maximum atomic E-state index is 11.0. The van der Waals surface area contributed by atoms with E-state index < -0.39 is 5.97 Å². The molecule has 2 N–H and O–H groups in total. The van der Waals surface area contributed by atoms with Gasteiger partial charge in [-0.3, -0.25) is 4.79 Å². The van der Waals surface area contributed by atoms with E-state index in [9.17, 15) is 4.79 Å². The quantitative estimate of drug-likeness (QED) is 0.616. The van der Waals surface area contributed by atoms with Gasteiger partial charge in [-0.1, -0.05) is 37.6 Å². The molecule has 0 aliphatic rings. The minimum Gasteiger partial charge on any atom is -0.481 e. The average Bonchev–Trinajstić information content (AvgIpc) is 2.45. The molecule has 0 fully saturated rings. The molecule has 0 aromatic heterocycles. The van der Waals surface area contributed by atoms with E-state index in [2.05, 4.69) is 36.5 Å². The molecular weight excluding hydrogens is 266 g/mol. The van der Waals surface area contributed by atoms with Crippen LogP contribution in [0.4, 0.5) is 0 Å². The van der Waals surface area contributed by atoms with Crippen molar-refractivity contribution in [2.24, 2.45) is 0 Å². The van der Waals surface area contributed by atoms with E-state index in [1.807, 2.05) is 0 Å². The van der Waals surface area contributed by atoms with Crippen LogP contribution in [0.2, 0.25) is 0 Å². The molecule has 1 atom stereocenters. The lowest BCUT2D eigenvalue weighted by Gasteiger charge is -2.17. The van der Waals surface area contributed by atoms with E-state index >= 15 is 0 Å². The third-order valence-electron chi connectivity index (χ3n) is 3.42. The van der Waals surface area contributed by atoms with Gasteiger partial charge in [-0.2, -0.15) is 0 Å². The van der Waals surface area contributed by atoms with Gasteiger partial charge in [0.2, 0.25) is 0 Å². The van der Waals surface area contributed by atoms with E-state index in [-0.39, 0.29) is 12.5 Å². The van der Waals surface area contributed by atoms with Gasteiger partial charge < -0.3 is 15.2 Å². The van der Waals surface area contributed by atoms with Crippen LogP contribution in [0.3, 0.4) is 0 Å². The number of methoxy groups -OCH3 is 1. The summed E-state index contributed by atoms with van der Waals surface area (Å²) in [6, 6.07) is 8.47. The van der Waals surface area contributed by atoms with Crippen molar-refractivity contribution in [1.82, 2.24) is 5.32 Å². The second kappa shape index (κ2) is 10.4. The fraction of sp³-hybridized carbons (Fsp3) is 0.588. The highest BCUT2D eigenvalue weighted by Gasteiger charge is 2.13. The molecule has 0 saturated heterocycles. The summed E-state index contributed by atoms with van der Waals surface area (Å²) in [6.07, 6.45) is 4.01. The van der Waals surface area contributed by atoms with Crippen molar-refractivity contribution in [3.8, 4) is 0 Å². The lowest BCUT2D eigenvalue weighted by atomic mass is 10.0. The summed E-state index contributed by atoms with van der Waals surface area (Å²) in [7, 11) is 1.67. The Hall–Kier alpha value is -1.39. The van der Waals surface area contributed by atoms with Crippen LogP contribution in [0.1, 0.15) is 37.3 Å². The van der Waals surface area contributed by atoms with Gasteiger partial charge in [0.15, 0.2) is 0 Å². The van der Waals surface area contributed by atoms with Gasteiger partial charge >= 0.3 is 5.97 Å². The number of hydrogen-bond donors (Lipinski definition) is 2. The highest BCUT2D eigenvalue weighted by molar-refractivity contribution is 5.67. The zero-order valence-electron chi connectivity index (χ0n) is 13.1. The molecule has 1 rings (SSSR count). The number of carboxylic acids is 1. The molecule has 0 amide bonds. The first-order chi connectivity index (χ1) is 10.2. The maximum Gasteiger partial charge on any atom is 0.304 e. The van der Waals surface area contributed by atoms with E-state index in [1.165, 1.54) is 11.1 Å².